The van der Waals surface area contributed by atoms with E-state index in [4.69, 9.17) is 0 Å². The lowest BCUT2D eigenvalue weighted by Crippen LogP contribution is -2.33. The molecule has 1 unspecified atom stereocenters. The van der Waals surface area contributed by atoms with Gasteiger partial charge >= 0.3 is 0 Å². The van der Waals surface area contributed by atoms with Crippen LogP contribution in [0.2, 0.25) is 0 Å². The second kappa shape index (κ2) is 8.82. The van der Waals surface area contributed by atoms with Crippen LogP contribution in [0, 0.1) is 5.92 Å². The van der Waals surface area contributed by atoms with Crippen LogP contribution in [0.1, 0.15) is 36.5 Å². The summed E-state index contributed by atoms with van der Waals surface area (Å²) in [5, 5.41) is 3.00. The van der Waals surface area contributed by atoms with E-state index in [0.29, 0.717) is 13.0 Å². The average molecular weight is 336 g/mol. The highest BCUT2D eigenvalue weighted by molar-refractivity contribution is 5.78. The molecule has 0 spiro atoms. The van der Waals surface area contributed by atoms with E-state index in [1.165, 1.54) is 31.5 Å². The maximum atomic E-state index is 12.0. The molecule has 0 saturated carbocycles. The van der Waals surface area contributed by atoms with Crippen LogP contribution in [-0.4, -0.2) is 23.9 Å². The molecular formula is C22H28N2O. The summed E-state index contributed by atoms with van der Waals surface area (Å²) < 4.78 is 0. The Kier molecular flexibility index (Phi) is 6.24. The van der Waals surface area contributed by atoms with Crippen LogP contribution in [0.3, 0.4) is 0 Å². The molecule has 1 aliphatic heterocycles. The summed E-state index contributed by atoms with van der Waals surface area (Å²) in [5.41, 5.74) is 3.55. The monoisotopic (exact) mass is 336 g/mol. The minimum absolute atomic E-state index is 0.0672. The standard InChI is InChI=1S/C22H28N2O/c1-18-6-5-13-24(16-18)17-21-11-9-20(10-12-21)15-23-22(25)14-19-7-3-2-4-8-19/h2-4,7-12,18H,5-6,13-17H2,1H3,(H,23,25). The first-order valence-electron chi connectivity index (χ1n) is 9.30. The minimum atomic E-state index is 0.0672. The van der Waals surface area contributed by atoms with Crippen molar-refractivity contribution in [3.63, 3.8) is 0 Å². The number of nitrogens with one attached hydrogen (secondary N) is 1. The number of likely N-dealkylation sites (tertiary alicyclic amines) is 1. The van der Waals surface area contributed by atoms with Crippen molar-refractivity contribution in [1.82, 2.24) is 10.2 Å². The SMILES string of the molecule is CC1CCCN(Cc2ccc(CNC(=O)Cc3ccccc3)cc2)C1. The fourth-order valence-electron chi connectivity index (χ4n) is 3.50. The third kappa shape index (κ3) is 5.71. The molecule has 3 heteroatoms. The zero-order valence-electron chi connectivity index (χ0n) is 15.1. The Hall–Kier alpha value is -2.13. The fourth-order valence-corrected chi connectivity index (χ4v) is 3.50. The predicted octanol–water partition coefficient (Wildman–Crippen LogP) is 3.78. The van der Waals surface area contributed by atoms with Crippen LogP contribution < -0.4 is 5.32 Å². The van der Waals surface area contributed by atoms with E-state index in [1.807, 2.05) is 30.3 Å². The number of amides is 1. The Balaban J connectivity index is 1.45. The Labute approximate surface area is 151 Å². The van der Waals surface area contributed by atoms with Gasteiger partial charge in [0.15, 0.2) is 0 Å². The molecule has 3 nitrogen and oxygen atoms in total. The lowest BCUT2D eigenvalue weighted by molar-refractivity contribution is -0.120. The molecule has 0 aromatic heterocycles. The molecule has 1 atom stereocenters. The molecule has 2 aromatic rings. The number of hydrogen-bond donors (Lipinski definition) is 1. The van der Waals surface area contributed by atoms with Crippen molar-refractivity contribution in [3.8, 4) is 0 Å². The Morgan fingerprint density at radius 3 is 2.48 bits per heavy atom. The van der Waals surface area contributed by atoms with E-state index in [2.05, 4.69) is 41.4 Å². The Bertz CT molecular complexity index is 666. The van der Waals surface area contributed by atoms with E-state index in [9.17, 15) is 4.79 Å². The molecule has 25 heavy (non-hydrogen) atoms. The molecule has 0 aliphatic carbocycles. The van der Waals surface area contributed by atoms with Gasteiger partial charge in [0.1, 0.15) is 0 Å². The molecule has 1 amide bonds. The molecule has 1 aliphatic rings. The number of carbonyl (C=O) groups is 1. The van der Waals surface area contributed by atoms with E-state index in [-0.39, 0.29) is 5.91 Å². The summed E-state index contributed by atoms with van der Waals surface area (Å²) in [6, 6.07) is 18.5. The average Bonchev–Trinajstić information content (AvgIpc) is 2.62. The summed E-state index contributed by atoms with van der Waals surface area (Å²) in [6.45, 7) is 6.38. The van der Waals surface area contributed by atoms with Gasteiger partial charge in [-0.1, -0.05) is 61.5 Å². The van der Waals surface area contributed by atoms with Crippen LogP contribution in [-0.2, 0) is 24.3 Å². The fraction of sp³-hybridized carbons (Fsp3) is 0.409. The Morgan fingerprint density at radius 1 is 1.04 bits per heavy atom. The van der Waals surface area contributed by atoms with Crippen LogP contribution in [0.15, 0.2) is 54.6 Å². The van der Waals surface area contributed by atoms with Crippen molar-refractivity contribution in [2.75, 3.05) is 13.1 Å². The molecule has 1 N–H and O–H groups in total. The third-order valence-electron chi connectivity index (χ3n) is 4.87. The van der Waals surface area contributed by atoms with E-state index in [1.54, 1.807) is 0 Å². The number of carbonyl (C=O) groups excluding carboxylic acids is 1. The van der Waals surface area contributed by atoms with Crippen molar-refractivity contribution in [2.45, 2.75) is 39.3 Å². The van der Waals surface area contributed by atoms with Gasteiger partial charge in [0.05, 0.1) is 6.42 Å². The van der Waals surface area contributed by atoms with E-state index >= 15 is 0 Å². The van der Waals surface area contributed by atoms with Gasteiger partial charge in [-0.3, -0.25) is 9.69 Å². The quantitative estimate of drug-likeness (QED) is 0.871. The number of hydrogen-bond acceptors (Lipinski definition) is 2. The lowest BCUT2D eigenvalue weighted by Gasteiger charge is -2.30. The topological polar surface area (TPSA) is 32.3 Å². The number of rotatable bonds is 6. The van der Waals surface area contributed by atoms with Crippen LogP contribution >= 0.6 is 0 Å². The molecule has 0 bridgehead atoms. The summed E-state index contributed by atoms with van der Waals surface area (Å²) in [6.07, 6.45) is 3.11. The molecule has 0 radical (unpaired) electrons. The molecule has 132 valence electrons. The van der Waals surface area contributed by atoms with Crippen molar-refractivity contribution >= 4 is 5.91 Å². The summed E-state index contributed by atoms with van der Waals surface area (Å²) in [4.78, 5) is 14.6. The van der Waals surface area contributed by atoms with Crippen molar-refractivity contribution in [3.05, 3.63) is 71.3 Å². The summed E-state index contributed by atoms with van der Waals surface area (Å²) in [7, 11) is 0. The first-order valence-corrected chi connectivity index (χ1v) is 9.30. The molecule has 1 fully saturated rings. The largest absolute Gasteiger partial charge is 0.352 e. The highest BCUT2D eigenvalue weighted by atomic mass is 16.1. The van der Waals surface area contributed by atoms with Crippen molar-refractivity contribution in [2.24, 2.45) is 5.92 Å². The first-order chi connectivity index (χ1) is 12.2. The highest BCUT2D eigenvalue weighted by Gasteiger charge is 2.16. The van der Waals surface area contributed by atoms with E-state index in [0.717, 1.165) is 23.6 Å². The van der Waals surface area contributed by atoms with Gasteiger partial charge in [0.25, 0.3) is 0 Å². The van der Waals surface area contributed by atoms with Crippen molar-refractivity contribution in [1.29, 1.82) is 0 Å². The van der Waals surface area contributed by atoms with Gasteiger partial charge in [0.2, 0.25) is 5.91 Å². The smallest absolute Gasteiger partial charge is 0.224 e. The van der Waals surface area contributed by atoms with E-state index < -0.39 is 0 Å². The van der Waals surface area contributed by atoms with Gasteiger partial charge < -0.3 is 5.32 Å². The van der Waals surface area contributed by atoms with Gasteiger partial charge in [0, 0.05) is 19.6 Å². The number of benzene rings is 2. The van der Waals surface area contributed by atoms with Crippen molar-refractivity contribution < 1.29 is 4.79 Å². The predicted molar refractivity (Wildman–Crippen MR) is 102 cm³/mol. The second-order valence-corrected chi connectivity index (χ2v) is 7.24. The normalized spacial score (nSPS) is 18.0. The molecule has 3 rings (SSSR count). The number of piperidine rings is 1. The molecule has 2 aromatic carbocycles. The molecule has 1 heterocycles. The summed E-state index contributed by atoms with van der Waals surface area (Å²) >= 11 is 0. The molecule has 1 saturated heterocycles. The maximum Gasteiger partial charge on any atom is 0.224 e. The minimum Gasteiger partial charge on any atom is -0.352 e. The zero-order valence-corrected chi connectivity index (χ0v) is 15.1. The maximum absolute atomic E-state index is 12.0. The highest BCUT2D eigenvalue weighted by Crippen LogP contribution is 2.18. The first kappa shape index (κ1) is 17.7. The third-order valence-corrected chi connectivity index (χ3v) is 4.87. The molecular weight excluding hydrogens is 308 g/mol. The second-order valence-electron chi connectivity index (χ2n) is 7.24. The van der Waals surface area contributed by atoms with Crippen LogP contribution in [0.4, 0.5) is 0 Å². The Morgan fingerprint density at radius 2 is 1.76 bits per heavy atom. The van der Waals surface area contributed by atoms with Crippen LogP contribution in [0.5, 0.6) is 0 Å². The number of nitrogens with zero attached hydrogens (tertiary/aromatic N) is 1. The van der Waals surface area contributed by atoms with Gasteiger partial charge in [-0.15, -0.1) is 0 Å². The summed E-state index contributed by atoms with van der Waals surface area (Å²) in [5.74, 6) is 0.880. The van der Waals surface area contributed by atoms with Crippen LogP contribution in [0.25, 0.3) is 0 Å². The lowest BCUT2D eigenvalue weighted by atomic mass is 9.99. The zero-order chi connectivity index (χ0) is 17.5. The van der Waals surface area contributed by atoms with Gasteiger partial charge in [-0.25, -0.2) is 0 Å². The van der Waals surface area contributed by atoms with Gasteiger partial charge in [-0.05, 0) is 42.0 Å². The van der Waals surface area contributed by atoms with Gasteiger partial charge in [-0.2, -0.15) is 0 Å².